The molecule has 4 heteroatoms. The molecule has 1 unspecified atom stereocenters. The van der Waals surface area contributed by atoms with E-state index in [1.54, 1.807) is 6.92 Å². The zero-order valence-electron chi connectivity index (χ0n) is 5.38. The predicted molar refractivity (Wildman–Crippen MR) is 36.6 cm³/mol. The van der Waals surface area contributed by atoms with Gasteiger partial charge in [-0.1, -0.05) is 0 Å². The third-order valence-electron chi connectivity index (χ3n) is 0.752. The van der Waals surface area contributed by atoms with Gasteiger partial charge in [-0.05, 0) is 6.92 Å². The van der Waals surface area contributed by atoms with Crippen LogP contribution in [0.5, 0.6) is 0 Å². The number of carbonyl (C=O) groups is 1. The maximum Gasteiger partial charge on any atom is 0.336 e. The van der Waals surface area contributed by atoms with Crippen LogP contribution in [0.4, 0.5) is 0 Å². The fourth-order valence-electron chi connectivity index (χ4n) is 0.311. The van der Waals surface area contributed by atoms with E-state index in [1.807, 2.05) is 9.47 Å². The van der Waals surface area contributed by atoms with Gasteiger partial charge in [0.25, 0.3) is 0 Å². The Bertz CT molecular complexity index is 130. The van der Waals surface area contributed by atoms with Crippen molar-refractivity contribution in [1.29, 1.82) is 0 Å². The van der Waals surface area contributed by atoms with E-state index in [9.17, 15) is 4.79 Å². The molecule has 0 bridgehead atoms. The van der Waals surface area contributed by atoms with Crippen molar-refractivity contribution in [2.75, 3.05) is 7.11 Å². The highest BCUT2D eigenvalue weighted by molar-refractivity contribution is 7.10. The Morgan fingerprint density at radius 2 is 2.22 bits per heavy atom. The van der Waals surface area contributed by atoms with E-state index in [4.69, 9.17) is 0 Å². The molecule has 1 atom stereocenters. The van der Waals surface area contributed by atoms with E-state index >= 15 is 0 Å². The number of rotatable bonds is 2. The fraction of sp³-hybridized carbons (Fsp3) is 0.400. The van der Waals surface area contributed by atoms with Gasteiger partial charge in [-0.25, -0.2) is 4.79 Å². The SMILES string of the molecule is COC(=O)C(C)=COP. The number of methoxy groups -OCH3 is 1. The summed E-state index contributed by atoms with van der Waals surface area (Å²) in [6.45, 7) is 1.61. The van der Waals surface area contributed by atoms with Crippen LogP contribution in [0, 0.1) is 0 Å². The highest BCUT2D eigenvalue weighted by Gasteiger charge is 2.00. The van der Waals surface area contributed by atoms with Crippen molar-refractivity contribution in [2.45, 2.75) is 6.92 Å². The van der Waals surface area contributed by atoms with Crippen molar-refractivity contribution >= 4 is 15.4 Å². The van der Waals surface area contributed by atoms with E-state index in [0.717, 1.165) is 0 Å². The Morgan fingerprint density at radius 1 is 1.67 bits per heavy atom. The summed E-state index contributed by atoms with van der Waals surface area (Å²) in [4.78, 5) is 10.5. The molecule has 0 aromatic rings. The summed E-state index contributed by atoms with van der Waals surface area (Å²) < 4.78 is 8.85. The van der Waals surface area contributed by atoms with Gasteiger partial charge in [0.2, 0.25) is 0 Å². The van der Waals surface area contributed by atoms with Crippen molar-refractivity contribution in [3.63, 3.8) is 0 Å². The van der Waals surface area contributed by atoms with Crippen LogP contribution in [-0.2, 0) is 14.1 Å². The van der Waals surface area contributed by atoms with E-state index in [-0.39, 0.29) is 5.97 Å². The molecule has 0 N–H and O–H groups in total. The van der Waals surface area contributed by atoms with Crippen LogP contribution in [0.2, 0.25) is 0 Å². The molecule has 3 nitrogen and oxygen atoms in total. The quantitative estimate of drug-likeness (QED) is 0.252. The molecule has 0 amide bonds. The second-order valence-electron chi connectivity index (χ2n) is 1.43. The van der Waals surface area contributed by atoms with Crippen LogP contribution in [0.15, 0.2) is 11.8 Å². The molecule has 52 valence electrons. The van der Waals surface area contributed by atoms with Crippen LogP contribution in [-0.4, -0.2) is 13.1 Å². The van der Waals surface area contributed by atoms with Gasteiger partial charge in [-0.3, -0.25) is 0 Å². The third-order valence-corrected chi connectivity index (χ3v) is 0.888. The molecule has 0 fully saturated rings. The minimum atomic E-state index is -0.377. The summed E-state index contributed by atoms with van der Waals surface area (Å²) >= 11 is 0. The lowest BCUT2D eigenvalue weighted by atomic mass is 10.3. The first kappa shape index (κ1) is 8.44. The molecule has 0 aliphatic carbocycles. The van der Waals surface area contributed by atoms with Crippen molar-refractivity contribution < 1.29 is 14.1 Å². The second-order valence-corrected chi connectivity index (χ2v) is 1.70. The highest BCUT2D eigenvalue weighted by atomic mass is 31.0. The summed E-state index contributed by atoms with van der Waals surface area (Å²) in [5, 5.41) is 0. The number of ether oxygens (including phenoxy) is 1. The molecule has 0 heterocycles. The molecule has 0 spiro atoms. The lowest BCUT2D eigenvalue weighted by Gasteiger charge is -1.95. The normalized spacial score (nSPS) is 10.8. The Hall–Kier alpha value is -0.560. The second kappa shape index (κ2) is 4.33. The molecule has 0 aliphatic rings. The average molecular weight is 148 g/mol. The summed E-state index contributed by atoms with van der Waals surface area (Å²) in [6, 6.07) is 0. The van der Waals surface area contributed by atoms with Gasteiger partial charge in [-0.15, -0.1) is 0 Å². The maximum absolute atomic E-state index is 10.5. The summed E-state index contributed by atoms with van der Waals surface area (Å²) in [7, 11) is 3.33. The van der Waals surface area contributed by atoms with Gasteiger partial charge in [0.05, 0.1) is 28.4 Å². The van der Waals surface area contributed by atoms with Gasteiger partial charge in [0.1, 0.15) is 0 Å². The minimum Gasteiger partial charge on any atom is -0.487 e. The molecule has 0 aliphatic heterocycles. The van der Waals surface area contributed by atoms with Crippen molar-refractivity contribution in [1.82, 2.24) is 0 Å². The van der Waals surface area contributed by atoms with Crippen LogP contribution >= 0.6 is 9.47 Å². The van der Waals surface area contributed by atoms with Gasteiger partial charge in [0.15, 0.2) is 0 Å². The van der Waals surface area contributed by atoms with Crippen molar-refractivity contribution in [3.05, 3.63) is 11.8 Å². The van der Waals surface area contributed by atoms with Gasteiger partial charge in [0, 0.05) is 0 Å². The molecule has 0 rings (SSSR count). The van der Waals surface area contributed by atoms with E-state index in [1.165, 1.54) is 13.4 Å². The fourth-order valence-corrected chi connectivity index (χ4v) is 0.515. The van der Waals surface area contributed by atoms with E-state index < -0.39 is 0 Å². The lowest BCUT2D eigenvalue weighted by molar-refractivity contribution is -0.136. The standard InChI is InChI=1S/C5H9O3P/c1-4(3-8-9)5(6)7-2/h3H,9H2,1-2H3. The molecule has 0 aromatic heterocycles. The van der Waals surface area contributed by atoms with Gasteiger partial charge >= 0.3 is 5.97 Å². The first-order chi connectivity index (χ1) is 4.22. The predicted octanol–water partition coefficient (Wildman–Crippen LogP) is 0.870. The molecule has 0 saturated heterocycles. The maximum atomic E-state index is 10.5. The summed E-state index contributed by atoms with van der Waals surface area (Å²) in [5.74, 6) is -0.377. The Balaban J connectivity index is 3.86. The molecular formula is C5H9O3P. The summed E-state index contributed by atoms with van der Waals surface area (Å²) in [5.41, 5.74) is 0.438. The lowest BCUT2D eigenvalue weighted by Crippen LogP contribution is -2.00. The zero-order chi connectivity index (χ0) is 7.28. The monoisotopic (exact) mass is 148 g/mol. The molecule has 0 saturated carbocycles. The van der Waals surface area contributed by atoms with Gasteiger partial charge < -0.3 is 9.26 Å². The minimum absolute atomic E-state index is 0.377. The van der Waals surface area contributed by atoms with E-state index in [0.29, 0.717) is 5.57 Å². The number of hydrogen-bond acceptors (Lipinski definition) is 3. The molecule has 0 aromatic carbocycles. The first-order valence-electron chi connectivity index (χ1n) is 2.33. The van der Waals surface area contributed by atoms with Gasteiger partial charge in [-0.2, -0.15) is 0 Å². The zero-order valence-corrected chi connectivity index (χ0v) is 6.53. The largest absolute Gasteiger partial charge is 0.487 e. The topological polar surface area (TPSA) is 35.5 Å². The van der Waals surface area contributed by atoms with Crippen molar-refractivity contribution in [3.8, 4) is 0 Å². The van der Waals surface area contributed by atoms with E-state index in [2.05, 4.69) is 9.26 Å². The first-order valence-corrected chi connectivity index (χ1v) is 2.80. The third kappa shape index (κ3) is 3.09. The Labute approximate surface area is 56.3 Å². The number of esters is 1. The van der Waals surface area contributed by atoms with Crippen molar-refractivity contribution in [2.24, 2.45) is 0 Å². The van der Waals surface area contributed by atoms with Crippen LogP contribution in [0.3, 0.4) is 0 Å². The molecule has 0 radical (unpaired) electrons. The number of hydrogen-bond donors (Lipinski definition) is 0. The Morgan fingerprint density at radius 3 is 2.56 bits per heavy atom. The number of carbonyl (C=O) groups excluding carboxylic acids is 1. The summed E-state index contributed by atoms with van der Waals surface area (Å²) in [6.07, 6.45) is 1.30. The molecular weight excluding hydrogens is 139 g/mol. The van der Waals surface area contributed by atoms with Crippen LogP contribution in [0.1, 0.15) is 6.92 Å². The molecule has 9 heavy (non-hydrogen) atoms. The highest BCUT2D eigenvalue weighted by Crippen LogP contribution is 1.97. The van der Waals surface area contributed by atoms with Crippen LogP contribution < -0.4 is 0 Å². The average Bonchev–Trinajstić information content (AvgIpc) is 1.87. The Kier molecular flexibility index (Phi) is 4.06. The smallest absolute Gasteiger partial charge is 0.336 e. The van der Waals surface area contributed by atoms with Crippen LogP contribution in [0.25, 0.3) is 0 Å².